The normalized spacial score (nSPS) is 17.3. The van der Waals surface area contributed by atoms with Crippen LogP contribution in [-0.4, -0.2) is 35.0 Å². The van der Waals surface area contributed by atoms with Gasteiger partial charge in [-0.15, -0.1) is 0 Å². The monoisotopic (exact) mass is 516 g/mol. The third-order valence-electron chi connectivity index (χ3n) is 7.03. The second-order valence-corrected chi connectivity index (χ2v) is 9.76. The van der Waals surface area contributed by atoms with Crippen molar-refractivity contribution < 1.29 is 19.1 Å². The average molecular weight is 517 g/mol. The Morgan fingerprint density at radius 3 is 2.74 bits per heavy atom. The number of carbonyl (C=O) groups is 3. The molecule has 3 amide bonds. The number of aromatic nitrogens is 2. The van der Waals surface area contributed by atoms with Crippen LogP contribution in [0.15, 0.2) is 42.6 Å². The lowest BCUT2D eigenvalue weighted by Gasteiger charge is -2.18. The Hall–Kier alpha value is -4.18. The molecule has 5 rings (SSSR count). The van der Waals surface area contributed by atoms with Crippen molar-refractivity contribution in [1.29, 1.82) is 0 Å². The number of methoxy groups -OCH3 is 1. The minimum Gasteiger partial charge on any atom is -0.453 e. The Labute approximate surface area is 220 Å². The van der Waals surface area contributed by atoms with Crippen LogP contribution in [0.1, 0.15) is 77.8 Å². The van der Waals surface area contributed by atoms with Crippen LogP contribution >= 0.6 is 0 Å². The Balaban J connectivity index is 1.42. The number of H-pyrrole nitrogens is 1. The van der Waals surface area contributed by atoms with Gasteiger partial charge in [0, 0.05) is 36.0 Å². The summed E-state index contributed by atoms with van der Waals surface area (Å²) in [5.41, 5.74) is 11.1. The van der Waals surface area contributed by atoms with Crippen LogP contribution in [0.4, 0.5) is 16.2 Å². The third kappa shape index (κ3) is 5.70. The van der Waals surface area contributed by atoms with Crippen LogP contribution < -0.4 is 21.7 Å². The van der Waals surface area contributed by atoms with Crippen molar-refractivity contribution in [2.75, 3.05) is 17.7 Å². The lowest BCUT2D eigenvalue weighted by Crippen LogP contribution is -2.29. The van der Waals surface area contributed by atoms with Gasteiger partial charge in [0.05, 0.1) is 24.5 Å². The number of ether oxygens (including phenoxy) is 1. The first-order chi connectivity index (χ1) is 18.4. The number of fused-ring (bicyclic) bond motifs is 4. The Kier molecular flexibility index (Phi) is 7.41. The second-order valence-electron chi connectivity index (χ2n) is 9.76. The molecule has 1 aliphatic heterocycles. The van der Waals surface area contributed by atoms with E-state index >= 15 is 0 Å². The van der Waals surface area contributed by atoms with Crippen LogP contribution in [0.3, 0.4) is 0 Å². The molecule has 2 aliphatic rings. The van der Waals surface area contributed by atoms with Crippen LogP contribution in [0.25, 0.3) is 11.3 Å². The van der Waals surface area contributed by atoms with Gasteiger partial charge >= 0.3 is 6.09 Å². The quantitative estimate of drug-likeness (QED) is 0.335. The van der Waals surface area contributed by atoms with Crippen LogP contribution in [0.5, 0.6) is 0 Å². The van der Waals surface area contributed by atoms with E-state index in [0.29, 0.717) is 65.7 Å². The van der Waals surface area contributed by atoms with Gasteiger partial charge in [0.2, 0.25) is 5.91 Å². The highest BCUT2D eigenvalue weighted by Gasteiger charge is 2.27. The number of hydrogen-bond donors (Lipinski definition) is 5. The van der Waals surface area contributed by atoms with Gasteiger partial charge in [-0.25, -0.2) is 9.78 Å². The minimum atomic E-state index is -0.605. The fourth-order valence-electron chi connectivity index (χ4n) is 4.83. The van der Waals surface area contributed by atoms with E-state index in [2.05, 4.69) is 25.7 Å². The fourth-order valence-corrected chi connectivity index (χ4v) is 4.83. The molecule has 198 valence electrons. The van der Waals surface area contributed by atoms with Gasteiger partial charge in [-0.1, -0.05) is 12.5 Å². The molecule has 1 fully saturated rings. The average Bonchev–Trinajstić information content (AvgIpc) is 3.65. The predicted octanol–water partition coefficient (Wildman–Crippen LogP) is 4.57. The molecule has 0 spiro atoms. The predicted molar refractivity (Wildman–Crippen MR) is 144 cm³/mol. The first-order valence-electron chi connectivity index (χ1n) is 12.9. The van der Waals surface area contributed by atoms with E-state index in [0.717, 1.165) is 24.8 Å². The van der Waals surface area contributed by atoms with Crippen LogP contribution in [0, 0.1) is 0 Å². The molecule has 2 aromatic carbocycles. The van der Waals surface area contributed by atoms with E-state index in [1.165, 1.54) is 12.7 Å². The Bertz CT molecular complexity index is 1360. The molecule has 3 aromatic rings. The topological polar surface area (TPSA) is 151 Å². The number of nitrogens with two attached hydrogens (primary N) is 1. The summed E-state index contributed by atoms with van der Waals surface area (Å²) in [4.78, 5) is 45.6. The highest BCUT2D eigenvalue weighted by molar-refractivity contribution is 5.97. The number of nitrogens with one attached hydrogen (secondary N) is 4. The number of hydrogen-bond acceptors (Lipinski definition) is 6. The van der Waals surface area contributed by atoms with E-state index in [4.69, 9.17) is 10.7 Å². The number of imidazole rings is 1. The van der Waals surface area contributed by atoms with Crippen molar-refractivity contribution in [3.05, 3.63) is 65.1 Å². The smallest absolute Gasteiger partial charge is 0.411 e. The molecular formula is C28H32N6O4. The number of anilines is 2. The van der Waals surface area contributed by atoms with Crippen molar-refractivity contribution in [3.63, 3.8) is 0 Å². The molecule has 38 heavy (non-hydrogen) atoms. The zero-order valence-electron chi connectivity index (χ0n) is 21.3. The molecule has 0 saturated heterocycles. The van der Waals surface area contributed by atoms with E-state index in [9.17, 15) is 14.4 Å². The van der Waals surface area contributed by atoms with E-state index in [1.807, 2.05) is 18.2 Å². The van der Waals surface area contributed by atoms with E-state index in [-0.39, 0.29) is 17.9 Å². The van der Waals surface area contributed by atoms with Gasteiger partial charge in [0.25, 0.3) is 5.91 Å². The molecule has 1 saturated carbocycles. The first kappa shape index (κ1) is 25.5. The summed E-state index contributed by atoms with van der Waals surface area (Å²) < 4.78 is 4.67. The summed E-state index contributed by atoms with van der Waals surface area (Å²) in [6, 6.07) is 10.6. The Morgan fingerprint density at radius 1 is 1.13 bits per heavy atom. The molecule has 10 heteroatoms. The molecule has 1 atom stereocenters. The van der Waals surface area contributed by atoms with Gasteiger partial charge in [0.15, 0.2) is 0 Å². The summed E-state index contributed by atoms with van der Waals surface area (Å²) in [6.45, 7) is 0.459. The standard InChI is InChI=1S/C28H32N6O4/c1-38-28(37)31-19-10-11-20-23(13-19)32-25(35)5-3-2-4-22(26-30-15-24(20)33-26)34-27(36)17-8-9-18(14-29)21(12-17)16-6-7-16/h8-13,15-16,22H,2-7,14,29H2,1H3,(H,30,33)(H,31,37)(H,32,35)(H,34,36)/t22-/m0/s1. The molecule has 1 aromatic heterocycles. The summed E-state index contributed by atoms with van der Waals surface area (Å²) in [5, 5.41) is 8.71. The highest BCUT2D eigenvalue weighted by atomic mass is 16.5. The molecule has 2 heterocycles. The molecule has 6 N–H and O–H groups in total. The molecule has 0 radical (unpaired) electrons. The Morgan fingerprint density at radius 2 is 1.97 bits per heavy atom. The van der Waals surface area contributed by atoms with Gasteiger partial charge in [-0.2, -0.15) is 0 Å². The van der Waals surface area contributed by atoms with Crippen LogP contribution in [0.2, 0.25) is 0 Å². The highest BCUT2D eigenvalue weighted by Crippen LogP contribution is 2.42. The number of amides is 3. The van der Waals surface area contributed by atoms with Gasteiger partial charge < -0.3 is 26.1 Å². The molecule has 2 bridgehead atoms. The molecule has 10 nitrogen and oxygen atoms in total. The zero-order chi connectivity index (χ0) is 26.6. The number of benzene rings is 2. The van der Waals surface area contributed by atoms with Crippen molar-refractivity contribution >= 4 is 29.3 Å². The largest absolute Gasteiger partial charge is 0.453 e. The number of rotatable bonds is 5. The van der Waals surface area contributed by atoms with E-state index in [1.54, 1.807) is 24.4 Å². The van der Waals surface area contributed by atoms with Crippen molar-refractivity contribution in [1.82, 2.24) is 15.3 Å². The van der Waals surface area contributed by atoms with Crippen molar-refractivity contribution in [3.8, 4) is 11.3 Å². The summed E-state index contributed by atoms with van der Waals surface area (Å²) in [5.74, 6) is 0.835. The van der Waals surface area contributed by atoms with Gasteiger partial charge in [-0.3, -0.25) is 14.9 Å². The molecule has 1 aliphatic carbocycles. The summed E-state index contributed by atoms with van der Waals surface area (Å²) in [7, 11) is 1.28. The van der Waals surface area contributed by atoms with Gasteiger partial charge in [0.1, 0.15) is 5.82 Å². The summed E-state index contributed by atoms with van der Waals surface area (Å²) >= 11 is 0. The summed E-state index contributed by atoms with van der Waals surface area (Å²) in [6.07, 6.45) is 5.76. The molecular weight excluding hydrogens is 484 g/mol. The second kappa shape index (κ2) is 11.1. The minimum absolute atomic E-state index is 0.133. The number of nitrogens with zero attached hydrogens (tertiary/aromatic N) is 1. The lowest BCUT2D eigenvalue weighted by molar-refractivity contribution is -0.116. The zero-order valence-corrected chi connectivity index (χ0v) is 21.3. The van der Waals surface area contributed by atoms with E-state index < -0.39 is 6.09 Å². The number of carbonyl (C=O) groups excluding carboxylic acids is 3. The third-order valence-corrected chi connectivity index (χ3v) is 7.03. The lowest BCUT2D eigenvalue weighted by atomic mass is 9.99. The maximum atomic E-state index is 13.3. The first-order valence-corrected chi connectivity index (χ1v) is 12.9. The van der Waals surface area contributed by atoms with Crippen LogP contribution in [-0.2, 0) is 16.1 Å². The fraction of sp³-hybridized carbons (Fsp3) is 0.357. The molecule has 0 unspecified atom stereocenters. The maximum Gasteiger partial charge on any atom is 0.411 e. The van der Waals surface area contributed by atoms with Crippen molar-refractivity contribution in [2.24, 2.45) is 5.73 Å². The SMILES string of the molecule is COC(=O)Nc1ccc2c(c1)NC(=O)CCCC[C@H](NC(=O)c1ccc(CN)c(C3CC3)c1)c1nc-2c[nH]1. The van der Waals surface area contributed by atoms with Gasteiger partial charge in [-0.05, 0) is 73.1 Å². The maximum absolute atomic E-state index is 13.3. The number of aromatic amines is 1. The van der Waals surface area contributed by atoms with Crippen molar-refractivity contribution in [2.45, 2.75) is 57.0 Å².